The summed E-state index contributed by atoms with van der Waals surface area (Å²) in [6.07, 6.45) is 6.35. The zero-order chi connectivity index (χ0) is 14.5. The van der Waals surface area contributed by atoms with Crippen LogP contribution >= 0.6 is 0 Å². The van der Waals surface area contributed by atoms with Crippen LogP contribution in [-0.4, -0.2) is 17.9 Å². The number of anilines is 1. The van der Waals surface area contributed by atoms with Crippen LogP contribution in [0.3, 0.4) is 0 Å². The fraction of sp³-hybridized carbons (Fsp3) is 0.200. The van der Waals surface area contributed by atoms with Crippen molar-refractivity contribution in [1.29, 1.82) is 0 Å². The molecule has 0 radical (unpaired) electrons. The summed E-state index contributed by atoms with van der Waals surface area (Å²) in [7, 11) is 0. The molecule has 0 heterocycles. The van der Waals surface area contributed by atoms with E-state index in [4.69, 9.17) is 5.73 Å². The third kappa shape index (κ3) is 3.55. The highest BCUT2D eigenvalue weighted by atomic mass is 16.2. The molecular weight excluding hydrogens is 254 g/mol. The van der Waals surface area contributed by atoms with Crippen LogP contribution in [0.25, 0.3) is 0 Å². The predicted molar refractivity (Wildman–Crippen MR) is 78.0 cm³/mol. The molecule has 0 aromatic heterocycles. The molecule has 2 amide bonds. The fourth-order valence-electron chi connectivity index (χ4n) is 1.89. The Morgan fingerprint density at radius 2 is 1.90 bits per heavy atom. The van der Waals surface area contributed by atoms with Crippen LogP contribution in [0, 0.1) is 0 Å². The van der Waals surface area contributed by atoms with Crippen molar-refractivity contribution in [2.45, 2.75) is 19.4 Å². The summed E-state index contributed by atoms with van der Waals surface area (Å²) >= 11 is 0. The Bertz CT molecular complexity index is 573. The third-order valence-corrected chi connectivity index (χ3v) is 2.93. The van der Waals surface area contributed by atoms with Crippen molar-refractivity contribution >= 4 is 17.5 Å². The molecule has 0 fully saturated rings. The van der Waals surface area contributed by atoms with Crippen LogP contribution in [0.1, 0.15) is 23.7 Å². The number of carbonyl (C=O) groups excluding carboxylic acids is 2. The number of nitrogens with two attached hydrogens (primary N) is 1. The van der Waals surface area contributed by atoms with Crippen LogP contribution in [0.4, 0.5) is 5.69 Å². The largest absolute Gasteiger partial charge is 0.326 e. The topological polar surface area (TPSA) is 84.2 Å². The molecule has 104 valence electrons. The van der Waals surface area contributed by atoms with Gasteiger partial charge in [-0.2, -0.15) is 0 Å². The van der Waals surface area contributed by atoms with Gasteiger partial charge in [-0.1, -0.05) is 12.2 Å². The summed E-state index contributed by atoms with van der Waals surface area (Å²) in [4.78, 5) is 23.0. The van der Waals surface area contributed by atoms with Gasteiger partial charge < -0.3 is 16.4 Å². The SMILES string of the molecule is CC(=O)Nc1ccc(C(=O)NC2=CC=CCC2N)cc1. The lowest BCUT2D eigenvalue weighted by atomic mass is 10.1. The fourth-order valence-corrected chi connectivity index (χ4v) is 1.89. The molecule has 1 atom stereocenters. The molecule has 1 aromatic carbocycles. The number of benzene rings is 1. The molecule has 1 unspecified atom stereocenters. The van der Waals surface area contributed by atoms with Crippen molar-refractivity contribution in [3.05, 3.63) is 53.8 Å². The van der Waals surface area contributed by atoms with E-state index >= 15 is 0 Å². The van der Waals surface area contributed by atoms with Crippen molar-refractivity contribution in [3.63, 3.8) is 0 Å². The Morgan fingerprint density at radius 1 is 1.20 bits per heavy atom. The van der Waals surface area contributed by atoms with E-state index in [1.165, 1.54) is 6.92 Å². The Labute approximate surface area is 117 Å². The number of hydrogen-bond acceptors (Lipinski definition) is 3. The van der Waals surface area contributed by atoms with E-state index in [1.807, 2.05) is 12.2 Å². The number of rotatable bonds is 3. The van der Waals surface area contributed by atoms with Crippen molar-refractivity contribution in [2.75, 3.05) is 5.32 Å². The summed E-state index contributed by atoms with van der Waals surface area (Å²) in [5, 5.41) is 5.45. The van der Waals surface area contributed by atoms with E-state index in [0.29, 0.717) is 23.4 Å². The Hall–Kier alpha value is -2.40. The molecule has 5 heteroatoms. The minimum Gasteiger partial charge on any atom is -0.326 e. The lowest BCUT2D eigenvalue weighted by Gasteiger charge is -2.18. The monoisotopic (exact) mass is 271 g/mol. The van der Waals surface area contributed by atoms with Crippen molar-refractivity contribution < 1.29 is 9.59 Å². The van der Waals surface area contributed by atoms with Gasteiger partial charge in [0.2, 0.25) is 5.91 Å². The van der Waals surface area contributed by atoms with Crippen LogP contribution in [0.5, 0.6) is 0 Å². The first-order valence-electron chi connectivity index (χ1n) is 6.37. The van der Waals surface area contributed by atoms with E-state index in [9.17, 15) is 9.59 Å². The molecule has 0 bridgehead atoms. The number of carbonyl (C=O) groups is 2. The molecule has 1 aliphatic rings. The van der Waals surface area contributed by atoms with Crippen LogP contribution in [0.15, 0.2) is 48.2 Å². The second-order valence-corrected chi connectivity index (χ2v) is 4.61. The van der Waals surface area contributed by atoms with Gasteiger partial charge >= 0.3 is 0 Å². The molecule has 4 N–H and O–H groups in total. The quantitative estimate of drug-likeness (QED) is 0.779. The Balaban J connectivity index is 2.04. The average molecular weight is 271 g/mol. The lowest BCUT2D eigenvalue weighted by Crippen LogP contribution is -2.35. The smallest absolute Gasteiger partial charge is 0.255 e. The molecule has 1 aromatic rings. The van der Waals surface area contributed by atoms with E-state index in [2.05, 4.69) is 10.6 Å². The zero-order valence-electron chi connectivity index (χ0n) is 11.2. The number of hydrogen-bond donors (Lipinski definition) is 3. The van der Waals surface area contributed by atoms with Gasteiger partial charge in [0.25, 0.3) is 5.91 Å². The number of allylic oxidation sites excluding steroid dienone is 2. The second-order valence-electron chi connectivity index (χ2n) is 4.61. The summed E-state index contributed by atoms with van der Waals surface area (Å²) in [5.41, 5.74) is 7.79. The van der Waals surface area contributed by atoms with Crippen LogP contribution in [-0.2, 0) is 4.79 Å². The first-order valence-corrected chi connectivity index (χ1v) is 6.37. The van der Waals surface area contributed by atoms with E-state index < -0.39 is 0 Å². The van der Waals surface area contributed by atoms with Crippen molar-refractivity contribution in [2.24, 2.45) is 5.73 Å². The number of nitrogens with one attached hydrogen (secondary N) is 2. The molecular formula is C15H17N3O2. The van der Waals surface area contributed by atoms with Gasteiger partial charge in [-0.15, -0.1) is 0 Å². The molecule has 0 spiro atoms. The first-order chi connectivity index (χ1) is 9.56. The second kappa shape index (κ2) is 6.16. The summed E-state index contributed by atoms with van der Waals surface area (Å²) in [6.45, 7) is 1.44. The van der Waals surface area contributed by atoms with Gasteiger partial charge in [0.05, 0.1) is 0 Å². The maximum atomic E-state index is 12.1. The van der Waals surface area contributed by atoms with Crippen LogP contribution in [0.2, 0.25) is 0 Å². The highest BCUT2D eigenvalue weighted by molar-refractivity contribution is 5.96. The Kier molecular flexibility index (Phi) is 4.32. The predicted octanol–water partition coefficient (Wildman–Crippen LogP) is 1.55. The molecule has 2 rings (SSSR count). The van der Waals surface area contributed by atoms with Gasteiger partial charge in [0.15, 0.2) is 0 Å². The summed E-state index contributed by atoms with van der Waals surface area (Å²) in [5.74, 6) is -0.358. The minimum absolute atomic E-state index is 0.146. The van der Waals surface area contributed by atoms with Gasteiger partial charge in [-0.25, -0.2) is 0 Å². The average Bonchev–Trinajstić information content (AvgIpc) is 2.41. The standard InChI is InChI=1S/C15H17N3O2/c1-10(19)17-12-8-6-11(7-9-12)15(20)18-14-5-3-2-4-13(14)16/h2-3,5-9,13H,4,16H2,1H3,(H,17,19)(H,18,20). The number of amides is 2. The van der Waals surface area contributed by atoms with Gasteiger partial charge in [0.1, 0.15) is 0 Å². The van der Waals surface area contributed by atoms with E-state index in [-0.39, 0.29) is 17.9 Å². The molecule has 20 heavy (non-hydrogen) atoms. The lowest BCUT2D eigenvalue weighted by molar-refractivity contribution is -0.114. The van der Waals surface area contributed by atoms with Crippen molar-refractivity contribution in [1.82, 2.24) is 5.32 Å². The molecule has 0 saturated carbocycles. The van der Waals surface area contributed by atoms with E-state index in [1.54, 1.807) is 30.3 Å². The van der Waals surface area contributed by atoms with Gasteiger partial charge in [0, 0.05) is 29.9 Å². The van der Waals surface area contributed by atoms with Crippen LogP contribution < -0.4 is 16.4 Å². The minimum atomic E-state index is -0.212. The summed E-state index contributed by atoms with van der Waals surface area (Å²) < 4.78 is 0. The zero-order valence-corrected chi connectivity index (χ0v) is 11.2. The third-order valence-electron chi connectivity index (χ3n) is 2.93. The van der Waals surface area contributed by atoms with E-state index in [0.717, 1.165) is 0 Å². The van der Waals surface area contributed by atoms with Crippen molar-refractivity contribution in [3.8, 4) is 0 Å². The van der Waals surface area contributed by atoms with Gasteiger partial charge in [-0.05, 0) is 36.8 Å². The molecule has 0 saturated heterocycles. The summed E-state index contributed by atoms with van der Waals surface area (Å²) in [6, 6.07) is 6.51. The Morgan fingerprint density at radius 3 is 2.50 bits per heavy atom. The maximum absolute atomic E-state index is 12.1. The maximum Gasteiger partial charge on any atom is 0.255 e. The normalized spacial score (nSPS) is 17.3. The molecule has 0 aliphatic heterocycles. The molecule has 1 aliphatic carbocycles. The first kappa shape index (κ1) is 14.0. The highest BCUT2D eigenvalue weighted by Gasteiger charge is 2.14. The van der Waals surface area contributed by atoms with Gasteiger partial charge in [-0.3, -0.25) is 9.59 Å². The molecule has 5 nitrogen and oxygen atoms in total. The highest BCUT2D eigenvalue weighted by Crippen LogP contribution is 2.12.